The molecule has 0 atom stereocenters. The van der Waals surface area contributed by atoms with E-state index in [0.29, 0.717) is 12.6 Å². The second kappa shape index (κ2) is 8.62. The number of thiophene rings is 1. The SMILES string of the molecule is Cc1ccsc1C(=O)N1CCC(OCCCN)CC1.Cl. The zero-order valence-corrected chi connectivity index (χ0v) is 13.5. The largest absolute Gasteiger partial charge is 0.378 e. The van der Waals surface area contributed by atoms with Crippen LogP contribution in [0.3, 0.4) is 0 Å². The van der Waals surface area contributed by atoms with Crippen LogP contribution in [-0.2, 0) is 4.74 Å². The van der Waals surface area contributed by atoms with Crippen LogP contribution in [0, 0.1) is 6.92 Å². The van der Waals surface area contributed by atoms with Crippen molar-refractivity contribution >= 4 is 29.7 Å². The number of halogens is 1. The molecule has 1 aromatic heterocycles. The Bertz CT molecular complexity index is 417. The molecule has 114 valence electrons. The van der Waals surface area contributed by atoms with Crippen LogP contribution >= 0.6 is 23.7 Å². The molecule has 0 saturated carbocycles. The summed E-state index contributed by atoms with van der Waals surface area (Å²) >= 11 is 1.53. The molecule has 1 aliphatic heterocycles. The average Bonchev–Trinajstić information content (AvgIpc) is 2.85. The smallest absolute Gasteiger partial charge is 0.264 e. The van der Waals surface area contributed by atoms with Crippen molar-refractivity contribution in [3.05, 3.63) is 21.9 Å². The first kappa shape index (κ1) is 17.4. The summed E-state index contributed by atoms with van der Waals surface area (Å²) in [6.45, 7) is 4.99. The maximum absolute atomic E-state index is 12.3. The number of nitrogens with two attached hydrogens (primary N) is 1. The standard InChI is InChI=1S/C14H22N2O2S.ClH/c1-11-5-10-19-13(11)14(17)16-7-3-12(4-8-16)18-9-2-6-15;/h5,10,12H,2-4,6-9,15H2,1H3;1H. The van der Waals surface area contributed by atoms with E-state index >= 15 is 0 Å². The molecule has 2 heterocycles. The number of amides is 1. The van der Waals surface area contributed by atoms with Gasteiger partial charge in [-0.2, -0.15) is 0 Å². The normalized spacial score (nSPS) is 16.0. The van der Waals surface area contributed by atoms with Gasteiger partial charge in [0.15, 0.2) is 0 Å². The van der Waals surface area contributed by atoms with E-state index < -0.39 is 0 Å². The van der Waals surface area contributed by atoms with E-state index in [0.717, 1.165) is 49.4 Å². The van der Waals surface area contributed by atoms with Gasteiger partial charge in [-0.3, -0.25) is 4.79 Å². The molecule has 0 unspecified atom stereocenters. The highest BCUT2D eigenvalue weighted by Crippen LogP contribution is 2.21. The zero-order valence-electron chi connectivity index (χ0n) is 11.8. The Morgan fingerprint density at radius 1 is 1.50 bits per heavy atom. The van der Waals surface area contributed by atoms with Crippen molar-refractivity contribution < 1.29 is 9.53 Å². The van der Waals surface area contributed by atoms with Crippen LogP contribution in [0.1, 0.15) is 34.5 Å². The van der Waals surface area contributed by atoms with E-state index in [1.54, 1.807) is 0 Å². The summed E-state index contributed by atoms with van der Waals surface area (Å²) in [5.74, 6) is 0.174. The van der Waals surface area contributed by atoms with Gasteiger partial charge in [-0.05, 0) is 49.7 Å². The van der Waals surface area contributed by atoms with Crippen LogP contribution in [0.4, 0.5) is 0 Å². The number of piperidine rings is 1. The van der Waals surface area contributed by atoms with Crippen molar-refractivity contribution in [1.29, 1.82) is 0 Å². The molecule has 0 aromatic carbocycles. The predicted molar refractivity (Wildman–Crippen MR) is 84.9 cm³/mol. The lowest BCUT2D eigenvalue weighted by Gasteiger charge is -2.31. The molecule has 1 aromatic rings. The summed E-state index contributed by atoms with van der Waals surface area (Å²) in [5.41, 5.74) is 6.52. The van der Waals surface area contributed by atoms with Crippen LogP contribution in [0.15, 0.2) is 11.4 Å². The summed E-state index contributed by atoms with van der Waals surface area (Å²) in [5, 5.41) is 1.98. The summed E-state index contributed by atoms with van der Waals surface area (Å²) in [4.78, 5) is 15.2. The van der Waals surface area contributed by atoms with Crippen molar-refractivity contribution in [2.75, 3.05) is 26.2 Å². The van der Waals surface area contributed by atoms with Crippen LogP contribution < -0.4 is 5.73 Å². The predicted octanol–water partition coefficient (Wildman–Crippen LogP) is 2.45. The minimum absolute atomic E-state index is 0. The van der Waals surface area contributed by atoms with Crippen LogP contribution in [0.5, 0.6) is 0 Å². The number of carbonyl (C=O) groups is 1. The number of rotatable bonds is 5. The molecule has 2 rings (SSSR count). The Morgan fingerprint density at radius 3 is 2.75 bits per heavy atom. The average molecular weight is 319 g/mol. The minimum Gasteiger partial charge on any atom is -0.378 e. The number of hydrogen-bond donors (Lipinski definition) is 1. The van der Waals surface area contributed by atoms with E-state index in [4.69, 9.17) is 10.5 Å². The van der Waals surface area contributed by atoms with Crippen LogP contribution in [0.25, 0.3) is 0 Å². The maximum atomic E-state index is 12.3. The lowest BCUT2D eigenvalue weighted by molar-refractivity contribution is 0.00856. The Morgan fingerprint density at radius 2 is 2.20 bits per heavy atom. The molecule has 1 saturated heterocycles. The number of hydrogen-bond acceptors (Lipinski definition) is 4. The molecule has 1 aliphatic rings. The topological polar surface area (TPSA) is 55.6 Å². The number of aryl methyl sites for hydroxylation is 1. The van der Waals surface area contributed by atoms with Gasteiger partial charge in [-0.1, -0.05) is 0 Å². The van der Waals surface area contributed by atoms with Gasteiger partial charge in [-0.15, -0.1) is 23.7 Å². The fraction of sp³-hybridized carbons (Fsp3) is 0.643. The second-order valence-electron chi connectivity index (χ2n) is 4.94. The molecule has 20 heavy (non-hydrogen) atoms. The molecule has 1 amide bonds. The fourth-order valence-electron chi connectivity index (χ4n) is 2.29. The Hall–Kier alpha value is -0.620. The van der Waals surface area contributed by atoms with Gasteiger partial charge in [0.25, 0.3) is 5.91 Å². The lowest BCUT2D eigenvalue weighted by Crippen LogP contribution is -2.41. The summed E-state index contributed by atoms with van der Waals surface area (Å²) in [7, 11) is 0. The van der Waals surface area contributed by atoms with E-state index in [9.17, 15) is 4.79 Å². The van der Waals surface area contributed by atoms with E-state index in [1.165, 1.54) is 11.3 Å². The summed E-state index contributed by atoms with van der Waals surface area (Å²) in [6.07, 6.45) is 3.06. The first-order valence-electron chi connectivity index (χ1n) is 6.87. The number of carbonyl (C=O) groups excluding carboxylic acids is 1. The highest BCUT2D eigenvalue weighted by atomic mass is 35.5. The van der Waals surface area contributed by atoms with Gasteiger partial charge in [0.1, 0.15) is 0 Å². The summed E-state index contributed by atoms with van der Waals surface area (Å²) < 4.78 is 5.75. The van der Waals surface area contributed by atoms with E-state index in [1.807, 2.05) is 23.3 Å². The first-order chi connectivity index (χ1) is 9.22. The third-order valence-electron chi connectivity index (χ3n) is 3.49. The van der Waals surface area contributed by atoms with Gasteiger partial charge in [0.05, 0.1) is 11.0 Å². The Kier molecular flexibility index (Phi) is 7.51. The third-order valence-corrected chi connectivity index (χ3v) is 4.49. The molecule has 2 N–H and O–H groups in total. The Balaban J connectivity index is 0.00000200. The molecule has 0 bridgehead atoms. The fourth-order valence-corrected chi connectivity index (χ4v) is 3.19. The highest BCUT2D eigenvalue weighted by Gasteiger charge is 2.25. The third kappa shape index (κ3) is 4.45. The Labute approximate surface area is 130 Å². The maximum Gasteiger partial charge on any atom is 0.264 e. The van der Waals surface area contributed by atoms with Gasteiger partial charge >= 0.3 is 0 Å². The van der Waals surface area contributed by atoms with Crippen LogP contribution in [0.2, 0.25) is 0 Å². The van der Waals surface area contributed by atoms with Gasteiger partial charge in [0, 0.05) is 19.7 Å². The number of likely N-dealkylation sites (tertiary alicyclic amines) is 1. The summed E-state index contributed by atoms with van der Waals surface area (Å²) in [6, 6.07) is 2.00. The second-order valence-corrected chi connectivity index (χ2v) is 5.85. The van der Waals surface area contributed by atoms with Crippen molar-refractivity contribution in [3.8, 4) is 0 Å². The quantitative estimate of drug-likeness (QED) is 0.848. The molecule has 0 aliphatic carbocycles. The lowest BCUT2D eigenvalue weighted by atomic mass is 10.1. The van der Waals surface area contributed by atoms with E-state index in [2.05, 4.69) is 0 Å². The van der Waals surface area contributed by atoms with Crippen molar-refractivity contribution in [2.24, 2.45) is 5.73 Å². The minimum atomic E-state index is 0. The van der Waals surface area contributed by atoms with Crippen molar-refractivity contribution in [1.82, 2.24) is 4.90 Å². The molecular weight excluding hydrogens is 296 g/mol. The van der Waals surface area contributed by atoms with Gasteiger partial charge < -0.3 is 15.4 Å². The van der Waals surface area contributed by atoms with E-state index in [-0.39, 0.29) is 18.3 Å². The number of nitrogens with zero attached hydrogens (tertiary/aromatic N) is 1. The molecule has 6 heteroatoms. The monoisotopic (exact) mass is 318 g/mol. The van der Waals surface area contributed by atoms with Gasteiger partial charge in [-0.25, -0.2) is 0 Å². The van der Waals surface area contributed by atoms with Crippen LogP contribution in [-0.4, -0.2) is 43.2 Å². The zero-order chi connectivity index (χ0) is 13.7. The first-order valence-corrected chi connectivity index (χ1v) is 7.75. The molecular formula is C14H23ClN2O2S. The molecule has 0 radical (unpaired) electrons. The van der Waals surface area contributed by atoms with Crippen molar-refractivity contribution in [3.63, 3.8) is 0 Å². The molecule has 4 nitrogen and oxygen atoms in total. The highest BCUT2D eigenvalue weighted by molar-refractivity contribution is 7.12. The van der Waals surface area contributed by atoms with Gasteiger partial charge in [0.2, 0.25) is 0 Å². The number of ether oxygens (including phenoxy) is 1. The van der Waals surface area contributed by atoms with Crippen molar-refractivity contribution in [2.45, 2.75) is 32.3 Å². The molecule has 0 spiro atoms. The molecule has 1 fully saturated rings.